The lowest BCUT2D eigenvalue weighted by atomic mass is 9.92. The number of hydrogen-bond donors (Lipinski definition) is 4. The van der Waals surface area contributed by atoms with Crippen molar-refractivity contribution >= 4 is 34.8 Å². The number of ether oxygens (including phenoxy) is 1. The van der Waals surface area contributed by atoms with Gasteiger partial charge in [0.15, 0.2) is 0 Å². The number of hydrogen-bond acceptors (Lipinski definition) is 10. The van der Waals surface area contributed by atoms with Gasteiger partial charge in [-0.3, -0.25) is 24.4 Å². The van der Waals surface area contributed by atoms with Crippen molar-refractivity contribution < 1.29 is 42.1 Å². The molecule has 16 heteroatoms. The highest BCUT2D eigenvalue weighted by Gasteiger charge is 2.38. The summed E-state index contributed by atoms with van der Waals surface area (Å²) in [5.41, 5.74) is 3.35. The van der Waals surface area contributed by atoms with Crippen molar-refractivity contribution in [2.75, 3.05) is 39.3 Å². The number of benzene rings is 2. The number of β-amino-alcohol motifs (C(OH)–C–C–N with tert-alkyl or cyclic N) is 1. The highest BCUT2D eigenvalue weighted by atomic mass is 35.5. The molecule has 11 nitrogen and oxygen atoms in total. The van der Waals surface area contributed by atoms with Crippen LogP contribution in [0.2, 0.25) is 5.02 Å². The van der Waals surface area contributed by atoms with Crippen molar-refractivity contribution in [1.29, 1.82) is 0 Å². The van der Waals surface area contributed by atoms with Crippen molar-refractivity contribution in [3.8, 4) is 27.5 Å². The molecule has 312 valence electrons. The number of fused-ring (bicyclic) bond motifs is 1. The van der Waals surface area contributed by atoms with E-state index in [4.69, 9.17) is 20.8 Å². The van der Waals surface area contributed by atoms with Crippen LogP contribution < -0.4 is 15.4 Å². The molecule has 5 heterocycles. The summed E-state index contributed by atoms with van der Waals surface area (Å²) in [6.07, 6.45) is -3.43. The molecule has 0 saturated carbocycles. The third-order valence-electron chi connectivity index (χ3n) is 10.6. The molecular weight excluding hydrogens is 807 g/mol. The van der Waals surface area contributed by atoms with Crippen LogP contribution in [0, 0.1) is 12.8 Å². The Labute approximate surface area is 348 Å². The number of carbonyl (C=O) groups is 2. The molecule has 7 rings (SSSR count). The quantitative estimate of drug-likeness (QED) is 0.0998. The van der Waals surface area contributed by atoms with Crippen LogP contribution in [0.15, 0.2) is 95.7 Å². The maximum Gasteiger partial charge on any atom is 0.405 e. The average molecular weight is 852 g/mol. The smallest absolute Gasteiger partial charge is 0.405 e. The molecule has 1 saturated heterocycles. The monoisotopic (exact) mass is 851 g/mol. The van der Waals surface area contributed by atoms with E-state index in [2.05, 4.69) is 10.3 Å². The molecule has 0 unspecified atom stereocenters. The number of thiophene rings is 1. The summed E-state index contributed by atoms with van der Waals surface area (Å²) < 4.78 is 51.6. The minimum Gasteiger partial charge on any atom is -0.490 e. The standard InChI is InChI=1S/C43H45ClF3N5O6S/c1-26-14-15-48-20-34(26)38-12-10-31(58-38)19-28(41(55)50-40-33-4-2-3-5-37(33)57-24-36(40)54)18-30(53)21-52-17-16-51(23-35(52)42(56)49-25-43(45,46)47)22-32-11-13-39(59-32)27-6-8-29(44)9-7-27/h2-15,20,28,30,35-36,40,53-54H,16-19,21-25H2,1H3,(H,49,56)(H,50,55)/t28-,30+,35+,36-,40+/m1/s1. The van der Waals surface area contributed by atoms with Crippen LogP contribution in [0.25, 0.3) is 21.8 Å². The maximum atomic E-state index is 14.2. The number of alkyl halides is 3. The molecule has 0 radical (unpaired) electrons. The van der Waals surface area contributed by atoms with Crippen molar-refractivity contribution in [1.82, 2.24) is 25.4 Å². The maximum absolute atomic E-state index is 14.2. The Morgan fingerprint density at radius 2 is 1.85 bits per heavy atom. The highest BCUT2D eigenvalue weighted by Crippen LogP contribution is 2.34. The van der Waals surface area contributed by atoms with E-state index in [0.29, 0.717) is 40.9 Å². The van der Waals surface area contributed by atoms with Gasteiger partial charge in [-0.25, -0.2) is 0 Å². The molecule has 2 aromatic carbocycles. The van der Waals surface area contributed by atoms with Crippen LogP contribution in [0.4, 0.5) is 13.2 Å². The number of rotatable bonds is 14. The first kappa shape index (κ1) is 42.4. The number of nitrogens with zero attached hydrogens (tertiary/aromatic N) is 3. The van der Waals surface area contributed by atoms with E-state index in [-0.39, 0.29) is 39.1 Å². The van der Waals surface area contributed by atoms with Gasteiger partial charge in [0.2, 0.25) is 11.8 Å². The Balaban J connectivity index is 1.07. The number of amides is 2. The van der Waals surface area contributed by atoms with Crippen LogP contribution in [0.1, 0.15) is 34.2 Å². The minimum atomic E-state index is -4.61. The predicted octanol–water partition coefficient (Wildman–Crippen LogP) is 6.42. The molecule has 2 aliphatic heterocycles. The lowest BCUT2D eigenvalue weighted by molar-refractivity contribution is -0.143. The first-order valence-electron chi connectivity index (χ1n) is 19.3. The third-order valence-corrected chi connectivity index (χ3v) is 12.0. The number of aryl methyl sites for hydroxylation is 1. The van der Waals surface area contributed by atoms with Crippen LogP contribution in [0.5, 0.6) is 5.75 Å². The Kier molecular flexibility index (Phi) is 13.4. The van der Waals surface area contributed by atoms with E-state index >= 15 is 0 Å². The molecule has 5 aromatic rings. The Morgan fingerprint density at radius 1 is 1.05 bits per heavy atom. The first-order valence-corrected chi connectivity index (χ1v) is 20.5. The van der Waals surface area contributed by atoms with E-state index in [1.165, 1.54) is 0 Å². The van der Waals surface area contributed by atoms with Crippen molar-refractivity contribution in [3.63, 3.8) is 0 Å². The van der Waals surface area contributed by atoms with E-state index < -0.39 is 54.7 Å². The van der Waals surface area contributed by atoms with Gasteiger partial charge in [0, 0.05) is 83.4 Å². The second-order valence-electron chi connectivity index (χ2n) is 15.0. The van der Waals surface area contributed by atoms with Gasteiger partial charge in [0.1, 0.15) is 42.6 Å². The number of aliphatic hydroxyl groups excluding tert-OH is 2. The Hall–Kier alpha value is -4.77. The summed E-state index contributed by atoms with van der Waals surface area (Å²) in [5.74, 6) is -0.533. The molecule has 3 aromatic heterocycles. The minimum absolute atomic E-state index is 0.0268. The van der Waals surface area contributed by atoms with Gasteiger partial charge >= 0.3 is 6.18 Å². The molecule has 5 atom stereocenters. The number of furan rings is 1. The SMILES string of the molecule is Cc1ccncc1-c1ccc(C[C@@H](C[C@H](O)CN2CCN(Cc3ccc(-c4ccc(Cl)cc4)s3)C[C@H]2C(=O)NCC(F)(F)F)C(=O)N[C@H]2c3ccccc3OC[C@H]2O)o1. The fourth-order valence-electron chi connectivity index (χ4n) is 7.59. The summed E-state index contributed by atoms with van der Waals surface area (Å²) in [4.78, 5) is 37.6. The lowest BCUT2D eigenvalue weighted by Gasteiger charge is -2.41. The normalized spacial score (nSPS) is 19.7. The summed E-state index contributed by atoms with van der Waals surface area (Å²) in [5, 5.41) is 28.2. The van der Waals surface area contributed by atoms with E-state index in [9.17, 15) is 33.0 Å². The van der Waals surface area contributed by atoms with Gasteiger partial charge in [0.25, 0.3) is 0 Å². The zero-order chi connectivity index (χ0) is 41.7. The molecule has 2 amide bonds. The Morgan fingerprint density at radius 3 is 2.63 bits per heavy atom. The third kappa shape index (κ3) is 10.9. The molecule has 4 N–H and O–H groups in total. The van der Waals surface area contributed by atoms with Crippen LogP contribution in [-0.4, -0.2) is 101 Å². The topological polar surface area (TPSA) is 140 Å². The second kappa shape index (κ2) is 18.7. The molecule has 0 aliphatic carbocycles. The van der Waals surface area contributed by atoms with Gasteiger partial charge in [-0.1, -0.05) is 41.9 Å². The molecule has 2 aliphatic rings. The number of carbonyl (C=O) groups excluding carboxylic acids is 2. The molecule has 59 heavy (non-hydrogen) atoms. The van der Waals surface area contributed by atoms with Gasteiger partial charge in [-0.15, -0.1) is 11.3 Å². The van der Waals surface area contributed by atoms with Gasteiger partial charge in [-0.2, -0.15) is 13.2 Å². The number of para-hydroxylation sites is 1. The van der Waals surface area contributed by atoms with Gasteiger partial charge in [-0.05, 0) is 73.0 Å². The number of piperazine rings is 1. The van der Waals surface area contributed by atoms with Crippen LogP contribution in [0.3, 0.4) is 0 Å². The summed E-state index contributed by atoms with van der Waals surface area (Å²) in [6.45, 7) is 1.70. The lowest BCUT2D eigenvalue weighted by Crippen LogP contribution is -2.60. The summed E-state index contributed by atoms with van der Waals surface area (Å²) in [6, 6.07) is 22.2. The van der Waals surface area contributed by atoms with E-state index in [0.717, 1.165) is 26.4 Å². The number of pyridine rings is 1. The molecular formula is C43H45ClF3N5O6S. The van der Waals surface area contributed by atoms with Crippen molar-refractivity contribution in [3.05, 3.63) is 118 Å². The fourth-order valence-corrected chi connectivity index (χ4v) is 8.77. The number of nitrogens with one attached hydrogen (secondary N) is 2. The first-order chi connectivity index (χ1) is 28.3. The molecule has 0 spiro atoms. The van der Waals surface area contributed by atoms with Crippen molar-refractivity contribution in [2.24, 2.45) is 5.92 Å². The summed E-state index contributed by atoms with van der Waals surface area (Å²) in [7, 11) is 0. The highest BCUT2D eigenvalue weighted by molar-refractivity contribution is 7.15. The zero-order valence-electron chi connectivity index (χ0n) is 32.2. The largest absolute Gasteiger partial charge is 0.490 e. The van der Waals surface area contributed by atoms with Gasteiger partial charge in [0.05, 0.1) is 12.1 Å². The van der Waals surface area contributed by atoms with E-state index in [1.54, 1.807) is 65.0 Å². The number of halogens is 4. The average Bonchev–Trinajstić information content (AvgIpc) is 3.88. The number of aromatic nitrogens is 1. The van der Waals surface area contributed by atoms with E-state index in [1.807, 2.05) is 59.6 Å². The number of aliphatic hydroxyl groups is 2. The zero-order valence-corrected chi connectivity index (χ0v) is 33.8. The molecule has 1 fully saturated rings. The van der Waals surface area contributed by atoms with Crippen molar-refractivity contribution in [2.45, 2.75) is 56.8 Å². The second-order valence-corrected chi connectivity index (χ2v) is 16.6. The predicted molar refractivity (Wildman–Crippen MR) is 218 cm³/mol. The fraction of sp³-hybridized carbons (Fsp3) is 0.372. The van der Waals surface area contributed by atoms with Crippen LogP contribution >= 0.6 is 22.9 Å². The van der Waals surface area contributed by atoms with Gasteiger partial charge < -0.3 is 30.0 Å². The summed E-state index contributed by atoms with van der Waals surface area (Å²) >= 11 is 7.64. The molecule has 0 bridgehead atoms. The van der Waals surface area contributed by atoms with Crippen LogP contribution in [-0.2, 0) is 22.6 Å². The Bertz CT molecular complexity index is 2220.